The molecular formula is C25H24F3N3O3. The van der Waals surface area contributed by atoms with Crippen molar-refractivity contribution in [3.8, 4) is 0 Å². The summed E-state index contributed by atoms with van der Waals surface area (Å²) in [7, 11) is 0. The van der Waals surface area contributed by atoms with Crippen molar-refractivity contribution in [3.63, 3.8) is 0 Å². The molecule has 0 radical (unpaired) electrons. The van der Waals surface area contributed by atoms with Crippen molar-refractivity contribution in [2.24, 2.45) is 0 Å². The summed E-state index contributed by atoms with van der Waals surface area (Å²) < 4.78 is 44.0. The highest BCUT2D eigenvalue weighted by molar-refractivity contribution is 5.81. The highest BCUT2D eigenvalue weighted by atomic mass is 19.4. The van der Waals surface area contributed by atoms with E-state index in [9.17, 15) is 22.8 Å². The zero-order chi connectivity index (χ0) is 24.1. The van der Waals surface area contributed by atoms with E-state index in [0.717, 1.165) is 28.7 Å². The molecule has 2 heterocycles. The summed E-state index contributed by atoms with van der Waals surface area (Å²) in [5, 5.41) is 1.02. The monoisotopic (exact) mass is 471 g/mol. The lowest BCUT2D eigenvalue weighted by molar-refractivity contribution is -0.152. The molecular weight excluding hydrogens is 447 g/mol. The zero-order valence-electron chi connectivity index (χ0n) is 18.4. The number of hydrogen-bond donors (Lipinski definition) is 0. The molecule has 4 rings (SSSR count). The molecule has 0 unspecified atom stereocenters. The number of fused-ring (bicyclic) bond motifs is 1. The van der Waals surface area contributed by atoms with Gasteiger partial charge in [-0.25, -0.2) is 0 Å². The van der Waals surface area contributed by atoms with E-state index in [-0.39, 0.29) is 18.9 Å². The molecule has 1 fully saturated rings. The topological polar surface area (TPSA) is 62.7 Å². The molecule has 1 aliphatic rings. The van der Waals surface area contributed by atoms with Crippen LogP contribution in [0.3, 0.4) is 0 Å². The van der Waals surface area contributed by atoms with Gasteiger partial charge in [-0.2, -0.15) is 13.2 Å². The van der Waals surface area contributed by atoms with Crippen LogP contribution in [0.15, 0.2) is 60.7 Å². The summed E-state index contributed by atoms with van der Waals surface area (Å²) in [6.07, 6.45) is -3.88. The Balaban J connectivity index is 1.21. The molecule has 9 heteroatoms. The number of esters is 1. The molecule has 3 aromatic rings. The molecule has 0 aliphatic carbocycles. The first-order valence-corrected chi connectivity index (χ1v) is 11.0. The number of piperazine rings is 1. The van der Waals surface area contributed by atoms with Crippen LogP contribution in [0, 0.1) is 0 Å². The summed E-state index contributed by atoms with van der Waals surface area (Å²) in [5.41, 5.74) is 1.39. The first-order chi connectivity index (χ1) is 16.3. The Morgan fingerprint density at radius 3 is 2.47 bits per heavy atom. The summed E-state index contributed by atoms with van der Waals surface area (Å²) >= 11 is 0. The van der Waals surface area contributed by atoms with Crippen molar-refractivity contribution in [2.45, 2.75) is 19.0 Å². The molecule has 0 bridgehead atoms. The van der Waals surface area contributed by atoms with E-state index in [1.54, 1.807) is 11.0 Å². The number of anilines is 1. The number of rotatable bonds is 6. The summed E-state index contributed by atoms with van der Waals surface area (Å²) in [6.45, 7) is 1.12. The predicted molar refractivity (Wildman–Crippen MR) is 121 cm³/mol. The average molecular weight is 471 g/mol. The van der Waals surface area contributed by atoms with Crippen molar-refractivity contribution >= 4 is 28.5 Å². The molecule has 0 saturated carbocycles. The van der Waals surface area contributed by atoms with Crippen LogP contribution in [0.25, 0.3) is 10.9 Å². The van der Waals surface area contributed by atoms with E-state index >= 15 is 0 Å². The van der Waals surface area contributed by atoms with Crippen LogP contribution in [0.5, 0.6) is 0 Å². The van der Waals surface area contributed by atoms with E-state index in [0.29, 0.717) is 38.3 Å². The van der Waals surface area contributed by atoms with Crippen LogP contribution >= 0.6 is 0 Å². The van der Waals surface area contributed by atoms with E-state index in [2.05, 4.69) is 4.98 Å². The molecule has 1 saturated heterocycles. The predicted octanol–water partition coefficient (Wildman–Crippen LogP) is 4.08. The van der Waals surface area contributed by atoms with Crippen LogP contribution in [0.1, 0.15) is 17.7 Å². The van der Waals surface area contributed by atoms with Crippen molar-refractivity contribution in [1.29, 1.82) is 0 Å². The number of para-hydroxylation sites is 1. The third kappa shape index (κ3) is 5.84. The quantitative estimate of drug-likeness (QED) is 0.507. The number of aromatic nitrogens is 1. The number of ether oxygens (including phenoxy) is 1. The van der Waals surface area contributed by atoms with Crippen LogP contribution in [-0.4, -0.2) is 54.5 Å². The Bertz CT molecular complexity index is 1170. The van der Waals surface area contributed by atoms with E-state index in [1.807, 2.05) is 41.3 Å². The van der Waals surface area contributed by atoms with E-state index in [1.165, 1.54) is 6.07 Å². The minimum Gasteiger partial charge on any atom is -0.456 e. The maximum Gasteiger partial charge on any atom is 0.416 e. The van der Waals surface area contributed by atoms with Crippen molar-refractivity contribution < 1.29 is 27.5 Å². The molecule has 1 aliphatic heterocycles. The number of carbonyl (C=O) groups is 2. The Kier molecular flexibility index (Phi) is 7.00. The average Bonchev–Trinajstić information content (AvgIpc) is 2.85. The van der Waals surface area contributed by atoms with Gasteiger partial charge in [-0.1, -0.05) is 30.3 Å². The maximum absolute atomic E-state index is 13.0. The van der Waals surface area contributed by atoms with Crippen LogP contribution in [0.4, 0.5) is 18.9 Å². The maximum atomic E-state index is 13.0. The Hall–Kier alpha value is -3.62. The number of hydrogen-bond acceptors (Lipinski definition) is 5. The number of halogens is 3. The lowest BCUT2D eigenvalue weighted by Gasteiger charge is -2.36. The lowest BCUT2D eigenvalue weighted by atomic mass is 10.1. The minimum atomic E-state index is -4.40. The Labute approximate surface area is 194 Å². The van der Waals surface area contributed by atoms with Gasteiger partial charge in [-0.05, 0) is 30.3 Å². The van der Waals surface area contributed by atoms with Gasteiger partial charge < -0.3 is 14.5 Å². The summed E-state index contributed by atoms with van der Waals surface area (Å²) in [6, 6.07) is 16.7. The number of nitrogens with zero attached hydrogens (tertiary/aromatic N) is 3. The first-order valence-electron chi connectivity index (χ1n) is 11.0. The number of carbonyl (C=O) groups excluding carboxylic acids is 2. The molecule has 0 N–H and O–H groups in total. The SMILES string of the molecule is O=C(CCc1ccc2ccccc2n1)OCC(=O)N1CCN(c2cccc(C(F)(F)F)c2)CC1. The van der Waals surface area contributed by atoms with Crippen LogP contribution in [0.2, 0.25) is 0 Å². The Morgan fingerprint density at radius 1 is 0.941 bits per heavy atom. The number of aryl methyl sites for hydroxylation is 1. The van der Waals surface area contributed by atoms with E-state index < -0.39 is 17.7 Å². The van der Waals surface area contributed by atoms with E-state index in [4.69, 9.17) is 4.74 Å². The molecule has 2 aromatic carbocycles. The van der Waals surface area contributed by atoms with Gasteiger partial charge in [0.2, 0.25) is 0 Å². The van der Waals surface area contributed by atoms with Gasteiger partial charge in [-0.15, -0.1) is 0 Å². The highest BCUT2D eigenvalue weighted by Crippen LogP contribution is 2.31. The molecule has 1 aromatic heterocycles. The highest BCUT2D eigenvalue weighted by Gasteiger charge is 2.31. The fraction of sp³-hybridized carbons (Fsp3) is 0.320. The van der Waals surface area contributed by atoms with Crippen LogP contribution < -0.4 is 4.90 Å². The second-order valence-electron chi connectivity index (χ2n) is 8.07. The summed E-state index contributed by atoms with van der Waals surface area (Å²) in [5.74, 6) is -0.799. The largest absolute Gasteiger partial charge is 0.456 e. The summed E-state index contributed by atoms with van der Waals surface area (Å²) in [4.78, 5) is 32.4. The van der Waals surface area contributed by atoms with Gasteiger partial charge in [0.1, 0.15) is 0 Å². The lowest BCUT2D eigenvalue weighted by Crippen LogP contribution is -2.50. The number of benzene rings is 2. The van der Waals surface area contributed by atoms with Gasteiger partial charge in [0.15, 0.2) is 6.61 Å². The van der Waals surface area contributed by atoms with Gasteiger partial charge in [0.25, 0.3) is 5.91 Å². The van der Waals surface area contributed by atoms with Gasteiger partial charge in [-0.3, -0.25) is 14.6 Å². The number of amides is 1. The fourth-order valence-electron chi connectivity index (χ4n) is 3.88. The Morgan fingerprint density at radius 2 is 1.71 bits per heavy atom. The van der Waals surface area contributed by atoms with Crippen LogP contribution in [-0.2, 0) is 26.9 Å². The molecule has 178 valence electrons. The van der Waals surface area contributed by atoms with Gasteiger partial charge in [0.05, 0.1) is 17.5 Å². The normalized spacial score (nSPS) is 14.3. The van der Waals surface area contributed by atoms with Crippen molar-refractivity contribution in [1.82, 2.24) is 9.88 Å². The molecule has 34 heavy (non-hydrogen) atoms. The smallest absolute Gasteiger partial charge is 0.416 e. The third-order valence-electron chi connectivity index (χ3n) is 5.77. The van der Waals surface area contributed by atoms with Crippen molar-refractivity contribution in [3.05, 3.63) is 71.9 Å². The fourth-order valence-corrected chi connectivity index (χ4v) is 3.88. The zero-order valence-corrected chi connectivity index (χ0v) is 18.4. The molecule has 0 spiro atoms. The molecule has 6 nitrogen and oxygen atoms in total. The first kappa shape index (κ1) is 23.5. The number of alkyl halides is 3. The second-order valence-corrected chi connectivity index (χ2v) is 8.07. The molecule has 0 atom stereocenters. The van der Waals surface area contributed by atoms with Gasteiger partial charge >= 0.3 is 12.1 Å². The van der Waals surface area contributed by atoms with Crippen molar-refractivity contribution in [2.75, 3.05) is 37.7 Å². The standard InChI is InChI=1S/C25H24F3N3O3/c26-25(27,28)19-5-3-6-21(16-19)30-12-14-31(15-13-30)23(32)17-34-24(33)11-10-20-9-8-18-4-1-2-7-22(18)29-20/h1-9,16H,10-15,17H2. The second kappa shape index (κ2) is 10.1. The third-order valence-corrected chi connectivity index (χ3v) is 5.77. The minimum absolute atomic E-state index is 0.113. The molecule has 1 amide bonds. The van der Waals surface area contributed by atoms with Gasteiger partial charge in [0, 0.05) is 49.4 Å². The number of pyridine rings is 1.